The molecule has 2 rings (SSSR count). The summed E-state index contributed by atoms with van der Waals surface area (Å²) in [6, 6.07) is 8.71. The van der Waals surface area contributed by atoms with Gasteiger partial charge in [0.2, 0.25) is 0 Å². The molecule has 1 aromatic carbocycles. The Morgan fingerprint density at radius 3 is 2.15 bits per heavy atom. The van der Waals surface area contributed by atoms with Gasteiger partial charge in [-0.1, -0.05) is 25.0 Å². The first-order valence-electron chi connectivity index (χ1n) is 7.97. The van der Waals surface area contributed by atoms with Crippen LogP contribution in [0.15, 0.2) is 29.4 Å². The SMILES string of the molecule is CCN(CC)c1ccc(C=NN2CCCCCC2)cc1. The van der Waals surface area contributed by atoms with Gasteiger partial charge in [-0.2, -0.15) is 5.10 Å². The van der Waals surface area contributed by atoms with Gasteiger partial charge in [0.25, 0.3) is 0 Å². The molecule has 0 bridgehead atoms. The summed E-state index contributed by atoms with van der Waals surface area (Å²) in [5.74, 6) is 0. The number of benzene rings is 1. The molecule has 0 spiro atoms. The fraction of sp³-hybridized carbons (Fsp3) is 0.588. The largest absolute Gasteiger partial charge is 0.372 e. The van der Waals surface area contributed by atoms with Crippen LogP contribution in [0.25, 0.3) is 0 Å². The summed E-state index contributed by atoms with van der Waals surface area (Å²) < 4.78 is 0. The first kappa shape index (κ1) is 14.9. The molecule has 20 heavy (non-hydrogen) atoms. The van der Waals surface area contributed by atoms with Crippen LogP contribution >= 0.6 is 0 Å². The van der Waals surface area contributed by atoms with E-state index in [0.717, 1.165) is 26.2 Å². The lowest BCUT2D eigenvalue weighted by atomic mass is 10.2. The Kier molecular flexibility index (Phi) is 5.90. The highest BCUT2D eigenvalue weighted by molar-refractivity contribution is 5.80. The zero-order valence-electron chi connectivity index (χ0n) is 12.9. The van der Waals surface area contributed by atoms with E-state index in [2.05, 4.69) is 53.1 Å². The van der Waals surface area contributed by atoms with E-state index >= 15 is 0 Å². The molecule has 1 aliphatic heterocycles. The number of hydrogen-bond donors (Lipinski definition) is 0. The minimum atomic E-state index is 1.05. The maximum Gasteiger partial charge on any atom is 0.0542 e. The van der Waals surface area contributed by atoms with E-state index in [4.69, 9.17) is 0 Å². The standard InChI is InChI=1S/C17H27N3/c1-3-19(4-2)17-11-9-16(10-12-17)15-18-20-13-7-5-6-8-14-20/h9-12,15H,3-8,13-14H2,1-2H3. The van der Waals surface area contributed by atoms with Crippen molar-refractivity contribution in [3.05, 3.63) is 29.8 Å². The molecule has 0 saturated carbocycles. The molecule has 110 valence electrons. The van der Waals surface area contributed by atoms with Gasteiger partial charge in [0.1, 0.15) is 0 Å². The predicted molar refractivity (Wildman–Crippen MR) is 87.6 cm³/mol. The van der Waals surface area contributed by atoms with Crippen molar-refractivity contribution >= 4 is 11.9 Å². The summed E-state index contributed by atoms with van der Waals surface area (Å²) in [5, 5.41) is 6.84. The third-order valence-electron chi connectivity index (χ3n) is 3.97. The summed E-state index contributed by atoms with van der Waals surface area (Å²) in [7, 11) is 0. The van der Waals surface area contributed by atoms with Gasteiger partial charge in [-0.05, 0) is 44.4 Å². The van der Waals surface area contributed by atoms with Crippen LogP contribution in [-0.2, 0) is 0 Å². The molecule has 1 aromatic rings. The van der Waals surface area contributed by atoms with Crippen molar-refractivity contribution in [1.29, 1.82) is 0 Å². The molecule has 1 saturated heterocycles. The van der Waals surface area contributed by atoms with Crippen LogP contribution < -0.4 is 4.90 Å². The molecule has 0 N–H and O–H groups in total. The quantitative estimate of drug-likeness (QED) is 0.761. The molecule has 0 radical (unpaired) electrons. The van der Waals surface area contributed by atoms with Crippen LogP contribution in [0.4, 0.5) is 5.69 Å². The zero-order chi connectivity index (χ0) is 14.2. The van der Waals surface area contributed by atoms with Gasteiger partial charge >= 0.3 is 0 Å². The van der Waals surface area contributed by atoms with Crippen molar-refractivity contribution < 1.29 is 0 Å². The molecule has 0 amide bonds. The average molecular weight is 273 g/mol. The fourth-order valence-corrected chi connectivity index (χ4v) is 2.68. The first-order chi connectivity index (χ1) is 9.83. The molecule has 1 aliphatic rings. The summed E-state index contributed by atoms with van der Waals surface area (Å²) in [5.41, 5.74) is 2.48. The normalized spacial score (nSPS) is 16.4. The Balaban J connectivity index is 1.95. The van der Waals surface area contributed by atoms with Crippen molar-refractivity contribution in [1.82, 2.24) is 5.01 Å². The average Bonchev–Trinajstić information content (AvgIpc) is 2.76. The topological polar surface area (TPSA) is 18.8 Å². The van der Waals surface area contributed by atoms with Crippen molar-refractivity contribution in [2.75, 3.05) is 31.1 Å². The number of hydrazone groups is 1. The third kappa shape index (κ3) is 4.26. The highest BCUT2D eigenvalue weighted by atomic mass is 15.4. The highest BCUT2D eigenvalue weighted by Crippen LogP contribution is 2.14. The molecular weight excluding hydrogens is 246 g/mol. The Morgan fingerprint density at radius 1 is 1.00 bits per heavy atom. The van der Waals surface area contributed by atoms with E-state index < -0.39 is 0 Å². The summed E-state index contributed by atoms with van der Waals surface area (Å²) in [6.45, 7) is 8.70. The van der Waals surface area contributed by atoms with Gasteiger partial charge in [0.05, 0.1) is 6.21 Å². The minimum absolute atomic E-state index is 1.05. The van der Waals surface area contributed by atoms with Crippen LogP contribution in [0.3, 0.4) is 0 Å². The monoisotopic (exact) mass is 273 g/mol. The molecule has 0 aliphatic carbocycles. The Labute approximate surface area is 123 Å². The summed E-state index contributed by atoms with van der Waals surface area (Å²) >= 11 is 0. The lowest BCUT2D eigenvalue weighted by Crippen LogP contribution is -2.21. The van der Waals surface area contributed by atoms with E-state index in [1.165, 1.54) is 36.9 Å². The number of rotatable bonds is 5. The molecule has 0 unspecified atom stereocenters. The van der Waals surface area contributed by atoms with Crippen LogP contribution in [0, 0.1) is 0 Å². The molecule has 0 aromatic heterocycles. The van der Waals surface area contributed by atoms with E-state index in [1.54, 1.807) is 0 Å². The molecule has 3 nitrogen and oxygen atoms in total. The van der Waals surface area contributed by atoms with Crippen LogP contribution in [-0.4, -0.2) is 37.4 Å². The van der Waals surface area contributed by atoms with Gasteiger partial charge < -0.3 is 4.90 Å². The highest BCUT2D eigenvalue weighted by Gasteiger charge is 2.05. The van der Waals surface area contributed by atoms with E-state index in [-0.39, 0.29) is 0 Å². The van der Waals surface area contributed by atoms with Crippen molar-refractivity contribution in [3.8, 4) is 0 Å². The number of hydrogen-bond acceptors (Lipinski definition) is 3. The minimum Gasteiger partial charge on any atom is -0.372 e. The van der Waals surface area contributed by atoms with E-state index in [9.17, 15) is 0 Å². The zero-order valence-corrected chi connectivity index (χ0v) is 12.9. The van der Waals surface area contributed by atoms with Crippen molar-refractivity contribution in [2.24, 2.45) is 5.10 Å². The van der Waals surface area contributed by atoms with Gasteiger partial charge in [0, 0.05) is 31.9 Å². The second kappa shape index (κ2) is 7.93. The predicted octanol–water partition coefficient (Wildman–Crippen LogP) is 3.74. The van der Waals surface area contributed by atoms with Crippen LogP contribution in [0.1, 0.15) is 45.1 Å². The fourth-order valence-electron chi connectivity index (χ4n) is 2.68. The van der Waals surface area contributed by atoms with E-state index in [1.807, 2.05) is 6.21 Å². The molecule has 0 atom stereocenters. The van der Waals surface area contributed by atoms with Crippen molar-refractivity contribution in [3.63, 3.8) is 0 Å². The van der Waals surface area contributed by atoms with Crippen LogP contribution in [0.5, 0.6) is 0 Å². The smallest absolute Gasteiger partial charge is 0.0542 e. The maximum atomic E-state index is 4.62. The molecule has 3 heteroatoms. The second-order valence-corrected chi connectivity index (χ2v) is 5.38. The van der Waals surface area contributed by atoms with Crippen molar-refractivity contribution in [2.45, 2.75) is 39.5 Å². The van der Waals surface area contributed by atoms with Gasteiger partial charge in [-0.15, -0.1) is 0 Å². The van der Waals surface area contributed by atoms with E-state index in [0.29, 0.717) is 0 Å². The van der Waals surface area contributed by atoms with Crippen LogP contribution in [0.2, 0.25) is 0 Å². The Bertz CT molecular complexity index is 399. The first-order valence-corrected chi connectivity index (χ1v) is 7.97. The van der Waals surface area contributed by atoms with Gasteiger partial charge in [-0.25, -0.2) is 0 Å². The maximum absolute atomic E-state index is 4.62. The molecular formula is C17H27N3. The van der Waals surface area contributed by atoms with Gasteiger partial charge in [-0.3, -0.25) is 5.01 Å². The number of nitrogens with zero attached hydrogens (tertiary/aromatic N) is 3. The summed E-state index contributed by atoms with van der Waals surface area (Å²) in [4.78, 5) is 2.36. The Hall–Kier alpha value is -1.51. The third-order valence-corrected chi connectivity index (χ3v) is 3.97. The van der Waals surface area contributed by atoms with Gasteiger partial charge in [0.15, 0.2) is 0 Å². The number of anilines is 1. The second-order valence-electron chi connectivity index (χ2n) is 5.38. The summed E-state index contributed by atoms with van der Waals surface area (Å²) in [6.07, 6.45) is 7.25. The lowest BCUT2D eigenvalue weighted by molar-refractivity contribution is 0.302. The lowest BCUT2D eigenvalue weighted by Gasteiger charge is -2.21. The molecule has 1 fully saturated rings. The Morgan fingerprint density at radius 2 is 1.60 bits per heavy atom. The molecule has 1 heterocycles.